The Morgan fingerprint density at radius 1 is 1.17 bits per heavy atom. The number of likely N-dealkylation sites (tertiary alicyclic amines) is 1. The monoisotopic (exact) mass is 422 g/mol. The molecule has 1 heterocycles. The molecule has 0 radical (unpaired) electrons. The van der Waals surface area contributed by atoms with Gasteiger partial charge in [-0.15, -0.1) is 0 Å². The minimum atomic E-state index is -5.08. The lowest BCUT2D eigenvalue weighted by Crippen LogP contribution is -2.53. The van der Waals surface area contributed by atoms with Crippen LogP contribution in [0.25, 0.3) is 0 Å². The van der Waals surface area contributed by atoms with Crippen LogP contribution in [0.3, 0.4) is 0 Å². The van der Waals surface area contributed by atoms with E-state index in [1.807, 2.05) is 19.0 Å². The van der Waals surface area contributed by atoms with Crippen molar-refractivity contribution in [3.63, 3.8) is 0 Å². The number of piperidine rings is 1. The second-order valence-electron chi connectivity index (χ2n) is 6.76. The zero-order valence-corrected chi connectivity index (χ0v) is 16.0. The molecule has 1 amide bonds. The molecule has 0 aliphatic carbocycles. The molecular formula is C18H22F4N2O5. The summed E-state index contributed by atoms with van der Waals surface area (Å²) in [7, 11) is 3.80. The number of aliphatic carboxylic acids is 2. The van der Waals surface area contributed by atoms with E-state index in [1.165, 1.54) is 23.1 Å². The molecule has 1 aromatic carbocycles. The Kier molecular flexibility index (Phi) is 8.13. The topological polar surface area (TPSA) is 98.2 Å². The van der Waals surface area contributed by atoms with Crippen LogP contribution in [0.2, 0.25) is 0 Å². The minimum Gasteiger partial charge on any atom is -0.480 e. The summed E-state index contributed by atoms with van der Waals surface area (Å²) < 4.78 is 45.4. The first-order valence-electron chi connectivity index (χ1n) is 8.52. The highest BCUT2D eigenvalue weighted by atomic mass is 19.4. The molecule has 162 valence electrons. The van der Waals surface area contributed by atoms with Crippen LogP contribution in [-0.4, -0.2) is 76.8 Å². The van der Waals surface area contributed by atoms with Crippen molar-refractivity contribution < 1.29 is 42.2 Å². The van der Waals surface area contributed by atoms with E-state index >= 15 is 0 Å². The Morgan fingerprint density at radius 2 is 1.72 bits per heavy atom. The van der Waals surface area contributed by atoms with Gasteiger partial charge in [-0.05, 0) is 51.6 Å². The third-order valence-corrected chi connectivity index (χ3v) is 4.51. The summed E-state index contributed by atoms with van der Waals surface area (Å²) in [6, 6.07) is 3.50. The smallest absolute Gasteiger partial charge is 0.480 e. The molecule has 1 aromatic rings. The Bertz CT molecular complexity index is 767. The van der Waals surface area contributed by atoms with Crippen LogP contribution in [0.1, 0.15) is 28.8 Å². The quantitative estimate of drug-likeness (QED) is 0.726. The maximum atomic E-state index is 13.6. The van der Waals surface area contributed by atoms with Crippen LogP contribution < -0.4 is 0 Å². The molecule has 0 bridgehead atoms. The molecule has 1 fully saturated rings. The third-order valence-electron chi connectivity index (χ3n) is 4.51. The van der Waals surface area contributed by atoms with Crippen molar-refractivity contribution in [2.75, 3.05) is 20.6 Å². The van der Waals surface area contributed by atoms with Crippen LogP contribution in [0.5, 0.6) is 0 Å². The normalized spacial score (nSPS) is 19.4. The number of nitrogens with zero attached hydrogens (tertiary/aromatic N) is 2. The van der Waals surface area contributed by atoms with Gasteiger partial charge in [-0.25, -0.2) is 14.0 Å². The summed E-state index contributed by atoms with van der Waals surface area (Å²) in [6.45, 7) is 1.97. The van der Waals surface area contributed by atoms with Gasteiger partial charge in [0.2, 0.25) is 0 Å². The number of hydrogen-bond donors (Lipinski definition) is 2. The Morgan fingerprint density at radius 3 is 2.14 bits per heavy atom. The molecule has 2 atom stereocenters. The van der Waals surface area contributed by atoms with Gasteiger partial charge in [0.25, 0.3) is 5.91 Å². The van der Waals surface area contributed by atoms with Gasteiger partial charge >= 0.3 is 18.1 Å². The third kappa shape index (κ3) is 6.70. The van der Waals surface area contributed by atoms with Crippen LogP contribution in [0.15, 0.2) is 18.2 Å². The number of halogens is 4. The summed E-state index contributed by atoms with van der Waals surface area (Å²) >= 11 is 0. The number of benzene rings is 1. The van der Waals surface area contributed by atoms with E-state index < -0.39 is 35.9 Å². The van der Waals surface area contributed by atoms with Crippen molar-refractivity contribution in [3.05, 3.63) is 35.1 Å². The maximum absolute atomic E-state index is 13.6. The lowest BCUT2D eigenvalue weighted by molar-refractivity contribution is -0.192. The molecule has 0 aromatic heterocycles. The number of carboxylic acids is 2. The molecule has 11 heteroatoms. The molecule has 0 spiro atoms. The van der Waals surface area contributed by atoms with Crippen molar-refractivity contribution in [2.45, 2.75) is 38.0 Å². The fourth-order valence-electron chi connectivity index (χ4n) is 2.78. The van der Waals surface area contributed by atoms with Gasteiger partial charge in [0.05, 0.1) is 0 Å². The van der Waals surface area contributed by atoms with Crippen molar-refractivity contribution in [1.82, 2.24) is 9.80 Å². The summed E-state index contributed by atoms with van der Waals surface area (Å²) in [5.41, 5.74) is 0.648. The molecule has 7 nitrogen and oxygen atoms in total. The molecule has 1 saturated heterocycles. The average molecular weight is 422 g/mol. The molecule has 2 N–H and O–H groups in total. The zero-order valence-electron chi connectivity index (χ0n) is 16.0. The van der Waals surface area contributed by atoms with E-state index in [0.29, 0.717) is 24.9 Å². The van der Waals surface area contributed by atoms with Gasteiger partial charge in [0.1, 0.15) is 11.9 Å². The first-order valence-corrected chi connectivity index (χ1v) is 8.52. The van der Waals surface area contributed by atoms with Gasteiger partial charge < -0.3 is 20.0 Å². The number of carboxylic acid groups (broad SMARTS) is 2. The molecular weight excluding hydrogens is 400 g/mol. The number of carbonyl (C=O) groups is 3. The van der Waals surface area contributed by atoms with E-state index in [9.17, 15) is 32.3 Å². The number of hydrogen-bond acceptors (Lipinski definition) is 4. The molecule has 2 unspecified atom stereocenters. The van der Waals surface area contributed by atoms with E-state index in [4.69, 9.17) is 9.90 Å². The Labute approximate surface area is 164 Å². The van der Waals surface area contributed by atoms with Crippen molar-refractivity contribution in [2.24, 2.45) is 0 Å². The SMILES string of the molecule is Cc1ccc(C(=O)N2CCC(N(C)C)CC2C(=O)O)cc1F.O=C(O)C(F)(F)F. The summed E-state index contributed by atoms with van der Waals surface area (Å²) in [4.78, 5) is 36.3. The fraction of sp³-hybridized carbons (Fsp3) is 0.500. The van der Waals surface area contributed by atoms with Crippen LogP contribution in [-0.2, 0) is 9.59 Å². The fourth-order valence-corrected chi connectivity index (χ4v) is 2.78. The molecule has 2 rings (SSSR count). The Hall–Kier alpha value is -2.69. The largest absolute Gasteiger partial charge is 0.490 e. The van der Waals surface area contributed by atoms with E-state index in [0.717, 1.165) is 0 Å². The zero-order chi connectivity index (χ0) is 22.5. The minimum absolute atomic E-state index is 0.125. The molecule has 29 heavy (non-hydrogen) atoms. The van der Waals surface area contributed by atoms with E-state index in [-0.39, 0.29) is 11.6 Å². The molecule has 0 saturated carbocycles. The number of rotatable bonds is 3. The van der Waals surface area contributed by atoms with Crippen LogP contribution in [0.4, 0.5) is 17.6 Å². The predicted octanol–water partition coefficient (Wildman–Crippen LogP) is 2.39. The number of aryl methyl sites for hydroxylation is 1. The van der Waals surface area contributed by atoms with Crippen LogP contribution in [0, 0.1) is 12.7 Å². The van der Waals surface area contributed by atoms with E-state index in [1.54, 1.807) is 6.92 Å². The van der Waals surface area contributed by atoms with Crippen molar-refractivity contribution >= 4 is 17.8 Å². The van der Waals surface area contributed by atoms with Crippen LogP contribution >= 0.6 is 0 Å². The second-order valence-corrected chi connectivity index (χ2v) is 6.76. The summed E-state index contributed by atoms with van der Waals surface area (Å²) in [6.07, 6.45) is -4.00. The number of amides is 1. The van der Waals surface area contributed by atoms with Gasteiger partial charge in [0, 0.05) is 18.2 Å². The lowest BCUT2D eigenvalue weighted by atomic mass is 9.95. The lowest BCUT2D eigenvalue weighted by Gasteiger charge is -2.39. The molecule has 1 aliphatic rings. The highest BCUT2D eigenvalue weighted by Gasteiger charge is 2.38. The first kappa shape index (κ1) is 24.3. The number of carbonyl (C=O) groups excluding carboxylic acids is 1. The summed E-state index contributed by atoms with van der Waals surface area (Å²) in [5, 5.41) is 16.5. The van der Waals surface area contributed by atoms with Gasteiger partial charge in [-0.2, -0.15) is 13.2 Å². The Balaban J connectivity index is 0.000000516. The van der Waals surface area contributed by atoms with Crippen molar-refractivity contribution in [1.29, 1.82) is 0 Å². The highest BCUT2D eigenvalue weighted by molar-refractivity contribution is 5.96. The number of alkyl halides is 3. The van der Waals surface area contributed by atoms with Gasteiger partial charge in [0.15, 0.2) is 0 Å². The van der Waals surface area contributed by atoms with Gasteiger partial charge in [-0.1, -0.05) is 6.07 Å². The van der Waals surface area contributed by atoms with Crippen molar-refractivity contribution in [3.8, 4) is 0 Å². The van der Waals surface area contributed by atoms with Gasteiger partial charge in [-0.3, -0.25) is 4.79 Å². The average Bonchev–Trinajstić information content (AvgIpc) is 2.62. The molecule has 1 aliphatic heterocycles. The highest BCUT2D eigenvalue weighted by Crippen LogP contribution is 2.23. The maximum Gasteiger partial charge on any atom is 0.490 e. The second kappa shape index (κ2) is 9.68. The van der Waals surface area contributed by atoms with E-state index in [2.05, 4.69) is 0 Å². The first-order chi connectivity index (χ1) is 13.3. The predicted molar refractivity (Wildman–Crippen MR) is 94.0 cm³/mol. The standard InChI is InChI=1S/C16H21FN2O3.C2HF3O2/c1-10-4-5-11(8-13(10)17)15(20)19-7-6-12(18(2)3)9-14(19)16(21)22;3-2(4,5)1(6)7/h4-5,8,12,14H,6-7,9H2,1-3H3,(H,21,22);(H,6,7). The summed E-state index contributed by atoms with van der Waals surface area (Å²) in [5.74, 6) is -4.66.